The highest BCUT2D eigenvalue weighted by Gasteiger charge is 2.40. The van der Waals surface area contributed by atoms with Gasteiger partial charge in [0.25, 0.3) is 0 Å². The minimum absolute atomic E-state index is 0.141. The van der Waals surface area contributed by atoms with Crippen molar-refractivity contribution in [3.8, 4) is 11.1 Å². The average molecular weight is 408 g/mol. The van der Waals surface area contributed by atoms with Crippen LogP contribution < -0.4 is 0 Å². The lowest BCUT2D eigenvalue weighted by atomic mass is 9.92. The third-order valence-electron chi connectivity index (χ3n) is 6.98. The van der Waals surface area contributed by atoms with Gasteiger partial charge in [-0.15, -0.1) is 0 Å². The topological polar surface area (TPSA) is 29.5 Å². The molecule has 1 fully saturated rings. The minimum Gasteiger partial charge on any atom is -0.445 e. The Bertz CT molecular complexity index is 1180. The zero-order chi connectivity index (χ0) is 20.8. The van der Waals surface area contributed by atoms with Crippen LogP contribution in [0.5, 0.6) is 0 Å². The van der Waals surface area contributed by atoms with Gasteiger partial charge in [0.15, 0.2) is 0 Å². The Morgan fingerprint density at radius 2 is 1.71 bits per heavy atom. The number of ether oxygens (including phenoxy) is 1. The van der Waals surface area contributed by atoms with Crippen LogP contribution in [0.4, 0.5) is 4.79 Å². The summed E-state index contributed by atoms with van der Waals surface area (Å²) in [6.07, 6.45) is 6.10. The van der Waals surface area contributed by atoms with Crippen LogP contribution in [0.1, 0.15) is 41.5 Å². The van der Waals surface area contributed by atoms with E-state index in [0.717, 1.165) is 31.2 Å². The number of fused-ring (bicyclic) bond motifs is 5. The molecule has 2 bridgehead atoms. The van der Waals surface area contributed by atoms with Gasteiger partial charge >= 0.3 is 6.09 Å². The number of amides is 1. The third kappa shape index (κ3) is 3.25. The quantitative estimate of drug-likeness (QED) is 0.404. The third-order valence-corrected chi connectivity index (χ3v) is 6.98. The molecule has 2 heterocycles. The molecule has 31 heavy (non-hydrogen) atoms. The van der Waals surface area contributed by atoms with Gasteiger partial charge in [-0.25, -0.2) is 4.79 Å². The van der Waals surface area contributed by atoms with E-state index in [-0.39, 0.29) is 18.2 Å². The van der Waals surface area contributed by atoms with Gasteiger partial charge in [-0.05, 0) is 64.6 Å². The first-order valence-corrected chi connectivity index (χ1v) is 11.2. The molecule has 1 aliphatic carbocycles. The Hall–Kier alpha value is -3.33. The van der Waals surface area contributed by atoms with E-state index in [1.54, 1.807) is 0 Å². The lowest BCUT2D eigenvalue weighted by Gasteiger charge is -2.33. The fourth-order valence-corrected chi connectivity index (χ4v) is 5.47. The summed E-state index contributed by atoms with van der Waals surface area (Å²) in [6.45, 7) is 0.331. The molecular formula is C28H25NO2. The number of hydrogen-bond donors (Lipinski definition) is 0. The SMILES string of the molecule is O=C(OCc1ccccc1)N1C2C=C(c3ccc4c(c3)Cc3ccccc3-4)CC1CC2. The van der Waals surface area contributed by atoms with Crippen LogP contribution in [0, 0.1) is 0 Å². The normalized spacial score (nSPS) is 20.8. The Morgan fingerprint density at radius 3 is 2.58 bits per heavy atom. The van der Waals surface area contributed by atoms with E-state index in [2.05, 4.69) is 48.5 Å². The summed E-state index contributed by atoms with van der Waals surface area (Å²) in [6, 6.07) is 25.9. The predicted molar refractivity (Wildman–Crippen MR) is 123 cm³/mol. The van der Waals surface area contributed by atoms with Gasteiger partial charge in [-0.3, -0.25) is 4.90 Å². The Balaban J connectivity index is 1.20. The van der Waals surface area contributed by atoms with Crippen molar-refractivity contribution in [3.63, 3.8) is 0 Å². The highest BCUT2D eigenvalue weighted by Crippen LogP contribution is 2.42. The molecule has 3 heteroatoms. The van der Waals surface area contributed by atoms with Crippen LogP contribution in [-0.2, 0) is 17.8 Å². The first-order chi connectivity index (χ1) is 15.3. The Kier molecular flexibility index (Phi) is 4.41. The van der Waals surface area contributed by atoms with Gasteiger partial charge in [0.1, 0.15) is 6.61 Å². The van der Waals surface area contributed by atoms with Crippen molar-refractivity contribution in [3.05, 3.63) is 101 Å². The second-order valence-electron chi connectivity index (χ2n) is 8.85. The molecule has 3 aliphatic rings. The van der Waals surface area contributed by atoms with Crippen molar-refractivity contribution < 1.29 is 9.53 Å². The van der Waals surface area contributed by atoms with Crippen molar-refractivity contribution in [2.75, 3.05) is 0 Å². The van der Waals surface area contributed by atoms with Gasteiger partial charge in [0, 0.05) is 6.04 Å². The van der Waals surface area contributed by atoms with Crippen LogP contribution >= 0.6 is 0 Å². The van der Waals surface area contributed by atoms with Gasteiger partial charge in [-0.1, -0.05) is 78.9 Å². The summed E-state index contributed by atoms with van der Waals surface area (Å²) in [5.74, 6) is 0. The van der Waals surface area contributed by atoms with E-state index in [1.807, 2.05) is 35.2 Å². The maximum absolute atomic E-state index is 12.8. The predicted octanol–water partition coefficient (Wildman–Crippen LogP) is 6.21. The molecule has 1 saturated heterocycles. The number of hydrogen-bond acceptors (Lipinski definition) is 2. The van der Waals surface area contributed by atoms with Crippen molar-refractivity contribution in [1.82, 2.24) is 4.90 Å². The van der Waals surface area contributed by atoms with Gasteiger partial charge < -0.3 is 4.74 Å². The average Bonchev–Trinajstić information content (AvgIpc) is 3.31. The van der Waals surface area contributed by atoms with Crippen molar-refractivity contribution >= 4 is 11.7 Å². The van der Waals surface area contributed by atoms with Crippen molar-refractivity contribution in [2.24, 2.45) is 0 Å². The second kappa shape index (κ2) is 7.42. The van der Waals surface area contributed by atoms with Gasteiger partial charge in [-0.2, -0.15) is 0 Å². The first kappa shape index (κ1) is 18.4. The summed E-state index contributed by atoms with van der Waals surface area (Å²) < 4.78 is 5.64. The lowest BCUT2D eigenvalue weighted by molar-refractivity contribution is 0.0832. The second-order valence-corrected chi connectivity index (χ2v) is 8.85. The Labute approximate surface area is 183 Å². The Morgan fingerprint density at radius 1 is 0.903 bits per heavy atom. The molecule has 3 aromatic rings. The monoisotopic (exact) mass is 407 g/mol. The molecule has 3 nitrogen and oxygen atoms in total. The number of carbonyl (C=O) groups is 1. The first-order valence-electron chi connectivity index (χ1n) is 11.2. The summed E-state index contributed by atoms with van der Waals surface area (Å²) in [4.78, 5) is 14.8. The van der Waals surface area contributed by atoms with E-state index in [4.69, 9.17) is 4.74 Å². The summed E-state index contributed by atoms with van der Waals surface area (Å²) >= 11 is 0. The fraction of sp³-hybridized carbons (Fsp3) is 0.250. The van der Waals surface area contributed by atoms with E-state index in [0.29, 0.717) is 6.61 Å². The molecule has 0 saturated carbocycles. The molecule has 0 aromatic heterocycles. The molecule has 3 aromatic carbocycles. The molecule has 0 radical (unpaired) electrons. The maximum Gasteiger partial charge on any atom is 0.410 e. The zero-order valence-corrected chi connectivity index (χ0v) is 17.5. The van der Waals surface area contributed by atoms with E-state index < -0.39 is 0 Å². The van der Waals surface area contributed by atoms with Crippen LogP contribution in [0.15, 0.2) is 78.9 Å². The van der Waals surface area contributed by atoms with Crippen LogP contribution in [0.25, 0.3) is 16.7 Å². The van der Waals surface area contributed by atoms with Crippen molar-refractivity contribution in [1.29, 1.82) is 0 Å². The maximum atomic E-state index is 12.8. The summed E-state index contributed by atoms with van der Waals surface area (Å²) in [5, 5.41) is 0. The fourth-order valence-electron chi connectivity index (χ4n) is 5.47. The van der Waals surface area contributed by atoms with Crippen LogP contribution in [0.3, 0.4) is 0 Å². The molecule has 1 amide bonds. The summed E-state index contributed by atoms with van der Waals surface area (Å²) in [5.41, 5.74) is 9.27. The summed E-state index contributed by atoms with van der Waals surface area (Å²) in [7, 11) is 0. The molecule has 2 atom stereocenters. The molecule has 0 N–H and O–H groups in total. The largest absolute Gasteiger partial charge is 0.445 e. The van der Waals surface area contributed by atoms with Gasteiger partial charge in [0.05, 0.1) is 6.04 Å². The minimum atomic E-state index is -0.184. The zero-order valence-electron chi connectivity index (χ0n) is 17.5. The molecule has 154 valence electrons. The van der Waals surface area contributed by atoms with Crippen molar-refractivity contribution in [2.45, 2.75) is 44.4 Å². The van der Waals surface area contributed by atoms with E-state index >= 15 is 0 Å². The number of nitrogens with zero attached hydrogens (tertiary/aromatic N) is 1. The van der Waals surface area contributed by atoms with E-state index in [1.165, 1.54) is 33.4 Å². The molecule has 0 spiro atoms. The lowest BCUT2D eigenvalue weighted by Crippen LogP contribution is -2.43. The standard InChI is InChI=1S/C28H25NO2/c30-28(31-18-19-6-2-1-3-7-19)29-24-11-12-25(29)17-22(16-24)20-10-13-27-23(14-20)15-21-8-4-5-9-26(21)27/h1-10,13-14,16,24-25H,11-12,15,17-18H2. The highest BCUT2D eigenvalue weighted by molar-refractivity contribution is 5.81. The van der Waals surface area contributed by atoms with Crippen LogP contribution in [-0.4, -0.2) is 23.1 Å². The molecular weight excluding hydrogens is 382 g/mol. The number of benzene rings is 3. The molecule has 2 aliphatic heterocycles. The number of carbonyl (C=O) groups excluding carboxylic acids is 1. The van der Waals surface area contributed by atoms with E-state index in [9.17, 15) is 4.79 Å². The number of rotatable bonds is 3. The smallest absolute Gasteiger partial charge is 0.410 e. The van der Waals surface area contributed by atoms with Gasteiger partial charge in [0.2, 0.25) is 0 Å². The highest BCUT2D eigenvalue weighted by atomic mass is 16.6. The van der Waals surface area contributed by atoms with Crippen LogP contribution in [0.2, 0.25) is 0 Å². The molecule has 6 rings (SSSR count). The molecule has 2 unspecified atom stereocenters.